The van der Waals surface area contributed by atoms with E-state index in [-0.39, 0.29) is 17.2 Å². The van der Waals surface area contributed by atoms with Gasteiger partial charge in [0.15, 0.2) is 6.10 Å². The lowest BCUT2D eigenvalue weighted by molar-refractivity contribution is -0.122. The van der Waals surface area contributed by atoms with Gasteiger partial charge in [0.25, 0.3) is 11.8 Å². The van der Waals surface area contributed by atoms with E-state index in [1.165, 1.54) is 5.56 Å². The fraction of sp³-hybridized carbons (Fsp3) is 0.259. The monoisotopic (exact) mass is 430 g/mol. The van der Waals surface area contributed by atoms with Crippen molar-refractivity contribution in [1.29, 1.82) is 0 Å². The number of aryl methyl sites for hydroxylation is 1. The van der Waals surface area contributed by atoms with Crippen LogP contribution >= 0.6 is 0 Å². The summed E-state index contributed by atoms with van der Waals surface area (Å²) in [5.74, 6) is 0.161. The molecule has 0 unspecified atom stereocenters. The first-order chi connectivity index (χ1) is 15.1. The van der Waals surface area contributed by atoms with Crippen molar-refractivity contribution >= 4 is 23.2 Å². The van der Waals surface area contributed by atoms with Crippen LogP contribution in [0.1, 0.15) is 49.2 Å². The highest BCUT2D eigenvalue weighted by Gasteiger charge is 2.16. The molecule has 166 valence electrons. The molecule has 0 aliphatic carbocycles. The van der Waals surface area contributed by atoms with E-state index in [9.17, 15) is 9.59 Å². The molecule has 5 nitrogen and oxygen atoms in total. The summed E-state index contributed by atoms with van der Waals surface area (Å²) in [5.41, 5.74) is 4.07. The van der Waals surface area contributed by atoms with Gasteiger partial charge in [-0.1, -0.05) is 56.7 Å². The summed E-state index contributed by atoms with van der Waals surface area (Å²) in [6.07, 6.45) is -0.669. The minimum Gasteiger partial charge on any atom is -0.481 e. The second-order valence-corrected chi connectivity index (χ2v) is 8.92. The van der Waals surface area contributed by atoms with Gasteiger partial charge < -0.3 is 15.4 Å². The third-order valence-electron chi connectivity index (χ3n) is 5.10. The van der Waals surface area contributed by atoms with Crippen LogP contribution in [0, 0.1) is 6.92 Å². The van der Waals surface area contributed by atoms with Gasteiger partial charge in [0, 0.05) is 16.9 Å². The lowest BCUT2D eigenvalue weighted by Gasteiger charge is -2.19. The molecule has 5 heteroatoms. The SMILES string of the molecule is Cc1ccc(O[C@@H](C)C(=O)Nc2cccc(NC(=O)c3ccc(C(C)(C)C)cc3)c2)cc1. The van der Waals surface area contributed by atoms with Gasteiger partial charge in [-0.2, -0.15) is 0 Å². The van der Waals surface area contributed by atoms with Gasteiger partial charge in [-0.3, -0.25) is 9.59 Å². The highest BCUT2D eigenvalue weighted by Crippen LogP contribution is 2.23. The van der Waals surface area contributed by atoms with Crippen molar-refractivity contribution in [3.8, 4) is 5.75 Å². The standard InChI is InChI=1S/C27H30N2O3/c1-18-9-15-24(16-10-18)32-19(2)25(30)28-22-7-6-8-23(17-22)29-26(31)20-11-13-21(14-12-20)27(3,4)5/h6-17,19H,1-5H3,(H,28,30)(H,29,31)/t19-/m0/s1. The van der Waals surface area contributed by atoms with E-state index in [2.05, 4.69) is 31.4 Å². The molecule has 1 atom stereocenters. The van der Waals surface area contributed by atoms with E-state index >= 15 is 0 Å². The highest BCUT2D eigenvalue weighted by molar-refractivity contribution is 6.04. The Labute approximate surface area is 189 Å². The van der Waals surface area contributed by atoms with Crippen molar-refractivity contribution in [3.63, 3.8) is 0 Å². The first-order valence-electron chi connectivity index (χ1n) is 10.7. The minimum atomic E-state index is -0.669. The number of benzene rings is 3. The number of amides is 2. The zero-order valence-corrected chi connectivity index (χ0v) is 19.2. The van der Waals surface area contributed by atoms with E-state index in [0.717, 1.165) is 5.56 Å². The largest absolute Gasteiger partial charge is 0.481 e. The number of carbonyl (C=O) groups is 2. The third-order valence-corrected chi connectivity index (χ3v) is 5.10. The summed E-state index contributed by atoms with van der Waals surface area (Å²) in [7, 11) is 0. The van der Waals surface area contributed by atoms with Crippen molar-refractivity contribution in [3.05, 3.63) is 89.5 Å². The van der Waals surface area contributed by atoms with Crippen molar-refractivity contribution in [2.75, 3.05) is 10.6 Å². The molecule has 3 aromatic carbocycles. The Balaban J connectivity index is 1.61. The van der Waals surface area contributed by atoms with Gasteiger partial charge in [0.1, 0.15) is 5.75 Å². The van der Waals surface area contributed by atoms with Gasteiger partial charge >= 0.3 is 0 Å². The zero-order valence-electron chi connectivity index (χ0n) is 19.2. The average molecular weight is 431 g/mol. The first kappa shape index (κ1) is 23.1. The molecule has 0 saturated heterocycles. The smallest absolute Gasteiger partial charge is 0.265 e. The fourth-order valence-electron chi connectivity index (χ4n) is 3.12. The maximum atomic E-state index is 12.6. The minimum absolute atomic E-state index is 0.0296. The number of carbonyl (C=O) groups excluding carboxylic acids is 2. The van der Waals surface area contributed by atoms with Crippen molar-refractivity contribution in [2.45, 2.75) is 46.1 Å². The van der Waals surface area contributed by atoms with E-state index in [1.807, 2.05) is 55.5 Å². The number of nitrogens with one attached hydrogen (secondary N) is 2. The molecule has 3 aromatic rings. The molecule has 0 aliphatic rings. The zero-order chi connectivity index (χ0) is 23.3. The number of hydrogen-bond donors (Lipinski definition) is 2. The lowest BCUT2D eigenvalue weighted by Crippen LogP contribution is -2.30. The van der Waals surface area contributed by atoms with Crippen LogP contribution in [0.25, 0.3) is 0 Å². The van der Waals surface area contributed by atoms with Crippen molar-refractivity contribution < 1.29 is 14.3 Å². The summed E-state index contributed by atoms with van der Waals surface area (Å²) in [4.78, 5) is 25.2. The molecular weight excluding hydrogens is 400 g/mol. The number of anilines is 2. The Hall–Kier alpha value is -3.60. The van der Waals surface area contributed by atoms with Crippen LogP contribution in [0.5, 0.6) is 5.75 Å². The van der Waals surface area contributed by atoms with Gasteiger partial charge in [-0.15, -0.1) is 0 Å². The Kier molecular flexibility index (Phi) is 6.98. The number of ether oxygens (including phenoxy) is 1. The van der Waals surface area contributed by atoms with E-state index < -0.39 is 6.10 Å². The van der Waals surface area contributed by atoms with Gasteiger partial charge in [-0.25, -0.2) is 0 Å². The predicted molar refractivity (Wildman–Crippen MR) is 129 cm³/mol. The molecular formula is C27H30N2O3. The highest BCUT2D eigenvalue weighted by atomic mass is 16.5. The van der Waals surface area contributed by atoms with Crippen LogP contribution in [0.4, 0.5) is 11.4 Å². The average Bonchev–Trinajstić information content (AvgIpc) is 2.75. The third kappa shape index (κ3) is 6.20. The van der Waals surface area contributed by atoms with Crippen LogP contribution in [0.15, 0.2) is 72.8 Å². The maximum Gasteiger partial charge on any atom is 0.265 e. The Morgan fingerprint density at radius 1 is 0.844 bits per heavy atom. The molecule has 0 aromatic heterocycles. The summed E-state index contributed by atoms with van der Waals surface area (Å²) < 4.78 is 5.71. The Bertz CT molecular complexity index is 1080. The summed E-state index contributed by atoms with van der Waals surface area (Å²) in [6.45, 7) is 10.1. The second kappa shape index (κ2) is 9.69. The van der Waals surface area contributed by atoms with Gasteiger partial charge in [-0.05, 0) is 67.3 Å². The molecule has 0 heterocycles. The Morgan fingerprint density at radius 3 is 2.03 bits per heavy atom. The van der Waals surface area contributed by atoms with Crippen LogP contribution < -0.4 is 15.4 Å². The molecule has 0 aliphatic heterocycles. The van der Waals surface area contributed by atoms with E-state index in [0.29, 0.717) is 22.7 Å². The second-order valence-electron chi connectivity index (χ2n) is 8.92. The molecule has 3 rings (SSSR count). The van der Waals surface area contributed by atoms with Crippen LogP contribution in [0.3, 0.4) is 0 Å². The van der Waals surface area contributed by atoms with E-state index in [4.69, 9.17) is 4.74 Å². The fourth-order valence-corrected chi connectivity index (χ4v) is 3.12. The number of hydrogen-bond acceptors (Lipinski definition) is 3. The maximum absolute atomic E-state index is 12.6. The summed E-state index contributed by atoms with van der Waals surface area (Å²) >= 11 is 0. The lowest BCUT2D eigenvalue weighted by atomic mass is 9.87. The van der Waals surface area contributed by atoms with Crippen molar-refractivity contribution in [1.82, 2.24) is 0 Å². The summed E-state index contributed by atoms with van der Waals surface area (Å²) in [6, 6.07) is 22.2. The van der Waals surface area contributed by atoms with E-state index in [1.54, 1.807) is 31.2 Å². The molecule has 32 heavy (non-hydrogen) atoms. The number of rotatable bonds is 6. The quantitative estimate of drug-likeness (QED) is 0.508. The molecule has 2 amide bonds. The van der Waals surface area contributed by atoms with Crippen molar-refractivity contribution in [2.24, 2.45) is 0 Å². The predicted octanol–water partition coefficient (Wildman–Crippen LogP) is 5.95. The first-order valence-corrected chi connectivity index (χ1v) is 10.7. The Morgan fingerprint density at radius 2 is 1.44 bits per heavy atom. The molecule has 0 fully saturated rings. The summed E-state index contributed by atoms with van der Waals surface area (Å²) in [5, 5.41) is 5.72. The molecule has 0 radical (unpaired) electrons. The van der Waals surface area contributed by atoms with Gasteiger partial charge in [0.2, 0.25) is 0 Å². The van der Waals surface area contributed by atoms with Crippen LogP contribution in [-0.2, 0) is 10.2 Å². The molecule has 0 bridgehead atoms. The normalized spacial score (nSPS) is 12.0. The van der Waals surface area contributed by atoms with Crippen LogP contribution in [-0.4, -0.2) is 17.9 Å². The topological polar surface area (TPSA) is 67.4 Å². The molecule has 0 saturated carbocycles. The van der Waals surface area contributed by atoms with Crippen LogP contribution in [0.2, 0.25) is 0 Å². The molecule has 2 N–H and O–H groups in total. The molecule has 0 spiro atoms. The van der Waals surface area contributed by atoms with Gasteiger partial charge in [0.05, 0.1) is 0 Å².